The Kier molecular flexibility index (Phi) is 7.49. The van der Waals surface area contributed by atoms with Gasteiger partial charge in [-0.25, -0.2) is 4.39 Å². The highest BCUT2D eigenvalue weighted by Crippen LogP contribution is 2.28. The average molecular weight is 400 g/mol. The molecule has 6 heteroatoms. The monoisotopic (exact) mass is 400 g/mol. The molecule has 1 saturated heterocycles. The van der Waals surface area contributed by atoms with Gasteiger partial charge in [0.05, 0.1) is 7.11 Å². The van der Waals surface area contributed by atoms with E-state index in [4.69, 9.17) is 9.47 Å². The molecule has 1 fully saturated rings. The Morgan fingerprint density at radius 2 is 1.79 bits per heavy atom. The number of piperazine rings is 1. The second kappa shape index (κ2) is 10.3. The van der Waals surface area contributed by atoms with Crippen molar-refractivity contribution >= 4 is 11.8 Å². The molecule has 0 aliphatic carbocycles. The highest BCUT2D eigenvalue weighted by atomic mass is 19.1. The van der Waals surface area contributed by atoms with Crippen LogP contribution in [0.15, 0.2) is 48.5 Å². The zero-order chi connectivity index (χ0) is 20.6. The lowest BCUT2D eigenvalue weighted by Gasteiger charge is -2.36. The lowest BCUT2D eigenvalue weighted by Crippen LogP contribution is -2.49. The molecule has 5 nitrogen and oxygen atoms in total. The summed E-state index contributed by atoms with van der Waals surface area (Å²) in [5.41, 5.74) is 2.07. The van der Waals surface area contributed by atoms with Crippen molar-refractivity contribution in [2.24, 2.45) is 0 Å². The molecular weight excluding hydrogens is 371 g/mol. The number of hydrogen-bond donors (Lipinski definition) is 1. The Morgan fingerprint density at radius 3 is 2.45 bits per heavy atom. The van der Waals surface area contributed by atoms with Crippen LogP contribution in [0.3, 0.4) is 0 Å². The Labute approximate surface area is 172 Å². The van der Waals surface area contributed by atoms with Crippen molar-refractivity contribution in [3.8, 4) is 11.5 Å². The molecule has 1 heterocycles. The van der Waals surface area contributed by atoms with Crippen molar-refractivity contribution < 1.29 is 19.0 Å². The first-order valence-corrected chi connectivity index (χ1v) is 9.93. The molecule has 29 heavy (non-hydrogen) atoms. The number of methoxy groups -OCH3 is 1. The fraction of sp³-hybridized carbons (Fsp3) is 0.391. The lowest BCUT2D eigenvalue weighted by molar-refractivity contribution is 0.0653. The summed E-state index contributed by atoms with van der Waals surface area (Å²) in [5, 5.41) is 10.4. The van der Waals surface area contributed by atoms with Gasteiger partial charge in [-0.15, -0.1) is 0 Å². The zero-order valence-corrected chi connectivity index (χ0v) is 17.1. The van der Waals surface area contributed by atoms with Gasteiger partial charge in [-0.3, -0.25) is 4.90 Å². The summed E-state index contributed by atoms with van der Waals surface area (Å²) in [6.45, 7) is 6.10. The van der Waals surface area contributed by atoms with E-state index in [0.717, 1.165) is 37.4 Å². The second-order valence-corrected chi connectivity index (χ2v) is 7.14. The summed E-state index contributed by atoms with van der Waals surface area (Å²) in [7, 11) is 1.61. The maximum absolute atomic E-state index is 13.1. The van der Waals surface area contributed by atoms with Crippen LogP contribution in [0.5, 0.6) is 11.5 Å². The van der Waals surface area contributed by atoms with Gasteiger partial charge in [0.2, 0.25) is 0 Å². The third-order valence-corrected chi connectivity index (χ3v) is 5.01. The smallest absolute Gasteiger partial charge is 0.161 e. The minimum Gasteiger partial charge on any atom is -0.493 e. The van der Waals surface area contributed by atoms with Crippen molar-refractivity contribution in [1.82, 2.24) is 4.90 Å². The van der Waals surface area contributed by atoms with Crippen LogP contribution >= 0.6 is 0 Å². The minimum absolute atomic E-state index is 0.206. The Balaban J connectivity index is 1.45. The molecule has 2 aromatic rings. The van der Waals surface area contributed by atoms with Gasteiger partial charge < -0.3 is 19.5 Å². The van der Waals surface area contributed by atoms with E-state index in [2.05, 4.69) is 9.80 Å². The molecule has 0 saturated carbocycles. The largest absolute Gasteiger partial charge is 0.493 e. The number of halogens is 1. The molecule has 0 bridgehead atoms. The molecule has 0 radical (unpaired) electrons. The first-order chi connectivity index (χ1) is 14.1. The summed E-state index contributed by atoms with van der Waals surface area (Å²) in [6.07, 6.45) is 3.37. The molecule has 0 aromatic heterocycles. The minimum atomic E-state index is -0.590. The van der Waals surface area contributed by atoms with Gasteiger partial charge in [0, 0.05) is 38.4 Å². The van der Waals surface area contributed by atoms with Gasteiger partial charge in [-0.05, 0) is 48.9 Å². The van der Waals surface area contributed by atoms with Crippen molar-refractivity contribution in [1.29, 1.82) is 0 Å². The maximum atomic E-state index is 13.1. The quantitative estimate of drug-likeness (QED) is 0.736. The van der Waals surface area contributed by atoms with Gasteiger partial charge >= 0.3 is 0 Å². The van der Waals surface area contributed by atoms with E-state index in [1.54, 1.807) is 7.11 Å². The number of aliphatic hydroxyl groups excluding tert-OH is 1. The van der Waals surface area contributed by atoms with E-state index in [1.165, 1.54) is 12.1 Å². The fourth-order valence-corrected chi connectivity index (χ4v) is 3.48. The first-order valence-electron chi connectivity index (χ1n) is 9.93. The fourth-order valence-electron chi connectivity index (χ4n) is 3.48. The number of anilines is 1. The van der Waals surface area contributed by atoms with Crippen LogP contribution < -0.4 is 14.4 Å². The van der Waals surface area contributed by atoms with Crippen LogP contribution in [-0.2, 0) is 0 Å². The number of nitrogens with zero attached hydrogens (tertiary/aromatic N) is 2. The van der Waals surface area contributed by atoms with Crippen molar-refractivity contribution in [3.63, 3.8) is 0 Å². The zero-order valence-electron chi connectivity index (χ0n) is 17.1. The topological polar surface area (TPSA) is 45.2 Å². The molecular formula is C23H29FN2O3. The van der Waals surface area contributed by atoms with E-state index in [0.29, 0.717) is 18.0 Å². The molecule has 1 aliphatic heterocycles. The third kappa shape index (κ3) is 5.95. The maximum Gasteiger partial charge on any atom is 0.161 e. The molecule has 0 unspecified atom stereocenters. The summed E-state index contributed by atoms with van der Waals surface area (Å²) in [5.74, 6) is 1.06. The second-order valence-electron chi connectivity index (χ2n) is 7.14. The molecule has 156 valence electrons. The van der Waals surface area contributed by atoms with Gasteiger partial charge in [-0.2, -0.15) is 0 Å². The van der Waals surface area contributed by atoms with Crippen LogP contribution in [0.2, 0.25) is 0 Å². The van der Waals surface area contributed by atoms with Gasteiger partial charge in [-0.1, -0.05) is 18.2 Å². The van der Waals surface area contributed by atoms with Gasteiger partial charge in [0.25, 0.3) is 0 Å². The molecule has 2 aromatic carbocycles. The third-order valence-electron chi connectivity index (χ3n) is 5.01. The summed E-state index contributed by atoms with van der Waals surface area (Å²) >= 11 is 0. The van der Waals surface area contributed by atoms with Gasteiger partial charge in [0.15, 0.2) is 11.5 Å². The number of allylic oxidation sites excluding steroid dienone is 1. The molecule has 1 atom stereocenters. The Hall–Kier alpha value is -2.57. The number of hydrogen-bond acceptors (Lipinski definition) is 5. The summed E-state index contributed by atoms with van der Waals surface area (Å²) in [6, 6.07) is 12.3. The SMILES string of the molecule is C/C=C/c1ccc(OC[C@@H](O)CN2CCN(c3ccc(F)cc3)CC2)c(OC)c1. The predicted octanol–water partition coefficient (Wildman–Crippen LogP) is 3.43. The van der Waals surface area contributed by atoms with Crippen LogP contribution in [0.1, 0.15) is 12.5 Å². The van der Waals surface area contributed by atoms with Crippen LogP contribution in [0.25, 0.3) is 6.08 Å². The highest BCUT2D eigenvalue weighted by Gasteiger charge is 2.20. The van der Waals surface area contributed by atoms with Crippen LogP contribution in [0, 0.1) is 5.82 Å². The number of ether oxygens (including phenoxy) is 2. The van der Waals surface area contributed by atoms with E-state index < -0.39 is 6.10 Å². The highest BCUT2D eigenvalue weighted by molar-refractivity contribution is 5.55. The molecule has 0 spiro atoms. The molecule has 0 amide bonds. The van der Waals surface area contributed by atoms with Gasteiger partial charge in [0.1, 0.15) is 18.5 Å². The van der Waals surface area contributed by atoms with Crippen LogP contribution in [-0.4, -0.2) is 62.6 Å². The molecule has 3 rings (SSSR count). The average Bonchev–Trinajstić information content (AvgIpc) is 2.74. The standard InChI is InChI=1S/C23H29FN2O3/c1-3-4-18-5-10-22(23(15-18)28-2)29-17-21(27)16-25-11-13-26(14-12-25)20-8-6-19(24)7-9-20/h3-10,15,21,27H,11-14,16-17H2,1-2H3/b4-3+/t21-/m0/s1. The van der Waals surface area contributed by atoms with Crippen molar-refractivity contribution in [2.75, 3.05) is 51.3 Å². The lowest BCUT2D eigenvalue weighted by atomic mass is 10.2. The van der Waals surface area contributed by atoms with Crippen molar-refractivity contribution in [2.45, 2.75) is 13.0 Å². The van der Waals surface area contributed by atoms with E-state index in [9.17, 15) is 9.50 Å². The molecule has 1 aliphatic rings. The van der Waals surface area contributed by atoms with Crippen LogP contribution in [0.4, 0.5) is 10.1 Å². The van der Waals surface area contributed by atoms with Crippen molar-refractivity contribution in [3.05, 3.63) is 59.9 Å². The number of rotatable bonds is 8. The Morgan fingerprint density at radius 1 is 1.07 bits per heavy atom. The Bertz CT molecular complexity index is 802. The van der Waals surface area contributed by atoms with E-state index in [-0.39, 0.29) is 12.4 Å². The molecule has 1 N–H and O–H groups in total. The normalized spacial score (nSPS) is 16.2. The predicted molar refractivity (Wildman–Crippen MR) is 114 cm³/mol. The first kappa shape index (κ1) is 21.1. The summed E-state index contributed by atoms with van der Waals surface area (Å²) in [4.78, 5) is 4.45. The number of aliphatic hydroxyl groups is 1. The van der Waals surface area contributed by atoms with E-state index >= 15 is 0 Å². The number of β-amino-alcohol motifs (C(OH)–C–C–N with tert-alkyl or cyclic N) is 1. The number of benzene rings is 2. The van der Waals surface area contributed by atoms with E-state index in [1.807, 2.05) is 49.4 Å². The summed E-state index contributed by atoms with van der Waals surface area (Å²) < 4.78 is 24.3.